The molecular weight excluding hydrogens is 323 g/mol. The Balaban J connectivity index is 1.75. The Kier molecular flexibility index (Phi) is 5.92. The lowest BCUT2D eigenvalue weighted by atomic mass is 10.2. The zero-order chi connectivity index (χ0) is 15.9. The van der Waals surface area contributed by atoms with E-state index in [0.29, 0.717) is 28.9 Å². The van der Waals surface area contributed by atoms with Crippen LogP contribution in [0, 0.1) is 6.92 Å². The van der Waals surface area contributed by atoms with Crippen LogP contribution in [0.4, 0.5) is 10.5 Å². The number of nitrogens with one attached hydrogen (secondary N) is 2. The van der Waals surface area contributed by atoms with Gasteiger partial charge in [-0.2, -0.15) is 0 Å². The van der Waals surface area contributed by atoms with Crippen LogP contribution in [0.5, 0.6) is 5.75 Å². The number of ether oxygens (including phenoxy) is 1. The average molecular weight is 339 g/mol. The fourth-order valence-electron chi connectivity index (χ4n) is 1.85. The predicted molar refractivity (Wildman–Crippen MR) is 90.2 cm³/mol. The van der Waals surface area contributed by atoms with E-state index in [1.54, 1.807) is 18.2 Å². The molecule has 0 aromatic heterocycles. The maximum absolute atomic E-state index is 11.7. The normalized spacial score (nSPS) is 10.1. The van der Waals surface area contributed by atoms with Crippen LogP contribution in [-0.4, -0.2) is 19.2 Å². The number of halogens is 2. The second kappa shape index (κ2) is 7.92. The molecule has 0 aliphatic rings. The zero-order valence-corrected chi connectivity index (χ0v) is 13.5. The van der Waals surface area contributed by atoms with Crippen molar-refractivity contribution in [2.75, 3.05) is 18.5 Å². The Morgan fingerprint density at radius 1 is 1.14 bits per heavy atom. The number of para-hydroxylation sites is 1. The van der Waals surface area contributed by atoms with Gasteiger partial charge in [-0.1, -0.05) is 41.4 Å². The molecule has 0 spiro atoms. The summed E-state index contributed by atoms with van der Waals surface area (Å²) in [6.45, 7) is 2.74. The third-order valence-corrected chi connectivity index (χ3v) is 3.30. The Labute approximate surface area is 139 Å². The number of aryl methyl sites for hydroxylation is 1. The fraction of sp³-hybridized carbons (Fsp3) is 0.188. The second-order valence-electron chi connectivity index (χ2n) is 4.65. The van der Waals surface area contributed by atoms with Gasteiger partial charge in [0.25, 0.3) is 0 Å². The highest BCUT2D eigenvalue weighted by Crippen LogP contribution is 2.22. The van der Waals surface area contributed by atoms with Crippen molar-refractivity contribution in [1.29, 1.82) is 0 Å². The van der Waals surface area contributed by atoms with E-state index in [1.165, 1.54) is 0 Å². The molecule has 2 N–H and O–H groups in total. The van der Waals surface area contributed by atoms with Gasteiger partial charge in [-0.25, -0.2) is 4.79 Å². The Bertz CT molecular complexity index is 642. The van der Waals surface area contributed by atoms with E-state index < -0.39 is 0 Å². The van der Waals surface area contributed by atoms with Crippen LogP contribution in [0.15, 0.2) is 42.5 Å². The van der Waals surface area contributed by atoms with Crippen molar-refractivity contribution in [2.24, 2.45) is 0 Å². The first kappa shape index (κ1) is 16.5. The number of hydrogen-bond acceptors (Lipinski definition) is 2. The maximum Gasteiger partial charge on any atom is 0.319 e. The molecule has 0 atom stereocenters. The minimum Gasteiger partial charge on any atom is -0.491 e. The van der Waals surface area contributed by atoms with Gasteiger partial charge in [0.05, 0.1) is 6.54 Å². The minimum atomic E-state index is -0.341. The van der Waals surface area contributed by atoms with Crippen LogP contribution >= 0.6 is 23.2 Å². The number of hydrogen-bond donors (Lipinski definition) is 2. The van der Waals surface area contributed by atoms with E-state index in [0.717, 1.165) is 11.3 Å². The number of urea groups is 1. The van der Waals surface area contributed by atoms with Crippen molar-refractivity contribution < 1.29 is 9.53 Å². The molecule has 0 aliphatic carbocycles. The molecule has 2 aromatic rings. The summed E-state index contributed by atoms with van der Waals surface area (Å²) >= 11 is 11.7. The average Bonchev–Trinajstić information content (AvgIpc) is 2.44. The molecule has 4 nitrogen and oxygen atoms in total. The SMILES string of the molecule is Cc1ccccc1OCCNC(=O)Nc1cc(Cl)cc(Cl)c1. The molecule has 0 fully saturated rings. The maximum atomic E-state index is 11.7. The summed E-state index contributed by atoms with van der Waals surface area (Å²) in [5.41, 5.74) is 1.59. The Morgan fingerprint density at radius 3 is 2.50 bits per heavy atom. The number of carbonyl (C=O) groups excluding carboxylic acids is 1. The van der Waals surface area contributed by atoms with Crippen LogP contribution in [0.3, 0.4) is 0 Å². The summed E-state index contributed by atoms with van der Waals surface area (Å²) < 4.78 is 5.59. The highest BCUT2D eigenvalue weighted by Gasteiger charge is 2.04. The van der Waals surface area contributed by atoms with Crippen molar-refractivity contribution >= 4 is 34.9 Å². The molecular formula is C16H16Cl2N2O2. The van der Waals surface area contributed by atoms with E-state index in [-0.39, 0.29) is 6.03 Å². The van der Waals surface area contributed by atoms with Gasteiger partial charge in [0.15, 0.2) is 0 Å². The molecule has 0 saturated carbocycles. The third-order valence-electron chi connectivity index (χ3n) is 2.86. The number of carbonyl (C=O) groups is 1. The number of benzene rings is 2. The number of amides is 2. The lowest BCUT2D eigenvalue weighted by molar-refractivity contribution is 0.247. The van der Waals surface area contributed by atoms with E-state index in [9.17, 15) is 4.79 Å². The van der Waals surface area contributed by atoms with Crippen LogP contribution < -0.4 is 15.4 Å². The summed E-state index contributed by atoms with van der Waals surface area (Å²) in [5, 5.41) is 6.28. The summed E-state index contributed by atoms with van der Waals surface area (Å²) in [7, 11) is 0. The van der Waals surface area contributed by atoms with Crippen LogP contribution in [0.25, 0.3) is 0 Å². The van der Waals surface area contributed by atoms with Crippen LogP contribution in [0.1, 0.15) is 5.56 Å². The molecule has 0 aliphatic heterocycles. The quantitative estimate of drug-likeness (QED) is 0.788. The molecule has 22 heavy (non-hydrogen) atoms. The van der Waals surface area contributed by atoms with Gasteiger partial charge in [0.1, 0.15) is 12.4 Å². The largest absolute Gasteiger partial charge is 0.491 e. The minimum absolute atomic E-state index is 0.341. The first-order chi connectivity index (χ1) is 10.5. The lowest BCUT2D eigenvalue weighted by Gasteiger charge is -2.11. The Morgan fingerprint density at radius 2 is 1.82 bits per heavy atom. The topological polar surface area (TPSA) is 50.4 Å². The molecule has 116 valence electrons. The molecule has 6 heteroatoms. The monoisotopic (exact) mass is 338 g/mol. The van der Waals surface area contributed by atoms with Gasteiger partial charge in [-0.15, -0.1) is 0 Å². The smallest absolute Gasteiger partial charge is 0.319 e. The van der Waals surface area contributed by atoms with Gasteiger partial charge in [0, 0.05) is 15.7 Å². The fourth-order valence-corrected chi connectivity index (χ4v) is 2.37. The van der Waals surface area contributed by atoms with Crippen LogP contribution in [0.2, 0.25) is 10.0 Å². The Hall–Kier alpha value is -1.91. The molecule has 0 radical (unpaired) electrons. The lowest BCUT2D eigenvalue weighted by Crippen LogP contribution is -2.32. The van der Waals surface area contributed by atoms with Crippen LogP contribution in [-0.2, 0) is 0 Å². The highest BCUT2D eigenvalue weighted by atomic mass is 35.5. The molecule has 0 saturated heterocycles. The molecule has 2 amide bonds. The van der Waals surface area contributed by atoms with Crippen molar-refractivity contribution in [3.8, 4) is 5.75 Å². The van der Waals surface area contributed by atoms with Crippen molar-refractivity contribution in [2.45, 2.75) is 6.92 Å². The van der Waals surface area contributed by atoms with Gasteiger partial charge in [-0.3, -0.25) is 0 Å². The van der Waals surface area contributed by atoms with Crippen molar-refractivity contribution in [3.63, 3.8) is 0 Å². The molecule has 2 rings (SSSR count). The third kappa shape index (κ3) is 5.13. The van der Waals surface area contributed by atoms with Gasteiger partial charge in [0.2, 0.25) is 0 Å². The summed E-state index contributed by atoms with van der Waals surface area (Å²) in [6.07, 6.45) is 0. The predicted octanol–water partition coefficient (Wildman–Crippen LogP) is 4.50. The summed E-state index contributed by atoms with van der Waals surface area (Å²) in [5.74, 6) is 0.811. The van der Waals surface area contributed by atoms with Gasteiger partial charge < -0.3 is 15.4 Å². The first-order valence-corrected chi connectivity index (χ1v) is 7.49. The highest BCUT2D eigenvalue weighted by molar-refractivity contribution is 6.35. The van der Waals surface area contributed by atoms with Crippen molar-refractivity contribution in [1.82, 2.24) is 5.32 Å². The number of rotatable bonds is 5. The summed E-state index contributed by atoms with van der Waals surface area (Å²) in [6, 6.07) is 12.2. The molecule has 2 aromatic carbocycles. The standard InChI is InChI=1S/C16H16Cl2N2O2/c1-11-4-2-3-5-15(11)22-7-6-19-16(21)20-14-9-12(17)8-13(18)10-14/h2-5,8-10H,6-7H2,1H3,(H2,19,20,21). The second-order valence-corrected chi connectivity index (χ2v) is 5.53. The van der Waals surface area contributed by atoms with E-state index in [1.807, 2.05) is 31.2 Å². The molecule has 0 unspecified atom stereocenters. The van der Waals surface area contributed by atoms with E-state index in [2.05, 4.69) is 10.6 Å². The molecule has 0 heterocycles. The zero-order valence-electron chi connectivity index (χ0n) is 12.0. The number of anilines is 1. The van der Waals surface area contributed by atoms with Crippen molar-refractivity contribution in [3.05, 3.63) is 58.1 Å². The van der Waals surface area contributed by atoms with Gasteiger partial charge in [-0.05, 0) is 36.8 Å². The summed E-state index contributed by atoms with van der Waals surface area (Å²) in [4.78, 5) is 11.7. The first-order valence-electron chi connectivity index (χ1n) is 6.74. The van der Waals surface area contributed by atoms with E-state index in [4.69, 9.17) is 27.9 Å². The molecule has 0 bridgehead atoms. The van der Waals surface area contributed by atoms with Gasteiger partial charge >= 0.3 is 6.03 Å². The van der Waals surface area contributed by atoms with E-state index >= 15 is 0 Å².